The summed E-state index contributed by atoms with van der Waals surface area (Å²) in [5.74, 6) is 0.184. The molecule has 5 heteroatoms. The van der Waals surface area contributed by atoms with Crippen molar-refractivity contribution in [1.29, 1.82) is 0 Å². The summed E-state index contributed by atoms with van der Waals surface area (Å²) in [6, 6.07) is 9.97. The third kappa shape index (κ3) is 5.74. The SMILES string of the molecule is CC(Cl)S(=O)(=O)CCCCCNc1ccccc1. The second-order valence-electron chi connectivity index (χ2n) is 4.26. The molecule has 0 heterocycles. The van der Waals surface area contributed by atoms with Crippen molar-refractivity contribution < 1.29 is 8.42 Å². The van der Waals surface area contributed by atoms with Crippen LogP contribution in [0.25, 0.3) is 0 Å². The Morgan fingerprint density at radius 1 is 1.17 bits per heavy atom. The van der Waals surface area contributed by atoms with E-state index in [2.05, 4.69) is 5.32 Å². The Balaban J connectivity index is 2.10. The predicted octanol–water partition coefficient (Wildman–Crippen LogP) is 3.27. The lowest BCUT2D eigenvalue weighted by atomic mass is 10.2. The molecule has 102 valence electrons. The van der Waals surface area contributed by atoms with Gasteiger partial charge in [-0.3, -0.25) is 0 Å². The molecular formula is C13H20ClNO2S. The first-order valence-corrected chi connectivity index (χ1v) is 8.32. The molecule has 0 amide bonds. The highest BCUT2D eigenvalue weighted by Gasteiger charge is 2.16. The van der Waals surface area contributed by atoms with Crippen LogP contribution in [-0.4, -0.2) is 25.4 Å². The van der Waals surface area contributed by atoms with Crippen molar-refractivity contribution in [3.8, 4) is 0 Å². The molecule has 0 aromatic heterocycles. The molecule has 0 aliphatic heterocycles. The molecule has 1 aromatic rings. The van der Waals surface area contributed by atoms with Gasteiger partial charge < -0.3 is 5.32 Å². The minimum absolute atomic E-state index is 0.184. The highest BCUT2D eigenvalue weighted by molar-refractivity contribution is 7.93. The second-order valence-corrected chi connectivity index (χ2v) is 7.62. The van der Waals surface area contributed by atoms with Crippen LogP contribution in [0.2, 0.25) is 0 Å². The minimum atomic E-state index is -3.09. The zero-order valence-corrected chi connectivity index (χ0v) is 12.2. The van der Waals surface area contributed by atoms with Crippen LogP contribution in [0.15, 0.2) is 30.3 Å². The van der Waals surface area contributed by atoms with Crippen molar-refractivity contribution in [3.05, 3.63) is 30.3 Å². The first-order chi connectivity index (χ1) is 8.52. The van der Waals surface area contributed by atoms with Gasteiger partial charge in [-0.2, -0.15) is 0 Å². The molecule has 0 saturated carbocycles. The molecule has 1 unspecified atom stereocenters. The van der Waals surface area contributed by atoms with Crippen molar-refractivity contribution in [2.45, 2.75) is 30.9 Å². The lowest BCUT2D eigenvalue weighted by Crippen LogP contribution is -2.15. The molecular weight excluding hydrogens is 270 g/mol. The minimum Gasteiger partial charge on any atom is -0.385 e. The third-order valence-corrected chi connectivity index (χ3v) is 5.37. The zero-order valence-electron chi connectivity index (χ0n) is 10.6. The number of sulfone groups is 1. The van der Waals surface area contributed by atoms with Gasteiger partial charge in [-0.25, -0.2) is 8.42 Å². The van der Waals surface area contributed by atoms with E-state index in [0.29, 0.717) is 6.42 Å². The van der Waals surface area contributed by atoms with Crippen molar-refractivity contribution in [1.82, 2.24) is 0 Å². The fraction of sp³-hybridized carbons (Fsp3) is 0.538. The van der Waals surface area contributed by atoms with E-state index in [1.54, 1.807) is 0 Å². The highest BCUT2D eigenvalue weighted by Crippen LogP contribution is 2.10. The fourth-order valence-electron chi connectivity index (χ4n) is 1.56. The van der Waals surface area contributed by atoms with E-state index in [1.807, 2.05) is 30.3 Å². The van der Waals surface area contributed by atoms with E-state index >= 15 is 0 Å². The third-order valence-electron chi connectivity index (χ3n) is 2.70. The standard InChI is InChI=1S/C13H20ClNO2S/c1-12(14)18(16,17)11-7-3-6-10-15-13-8-4-2-5-9-13/h2,4-5,8-9,12,15H,3,6-7,10-11H2,1H3. The van der Waals surface area contributed by atoms with Crippen LogP contribution in [-0.2, 0) is 9.84 Å². The average Bonchev–Trinajstić information content (AvgIpc) is 2.34. The first-order valence-electron chi connectivity index (χ1n) is 6.17. The summed E-state index contributed by atoms with van der Waals surface area (Å²) in [5, 5.41) is 3.29. The van der Waals surface area contributed by atoms with E-state index in [0.717, 1.165) is 25.1 Å². The van der Waals surface area contributed by atoms with Crippen molar-refractivity contribution in [3.63, 3.8) is 0 Å². The number of hydrogen-bond donors (Lipinski definition) is 1. The van der Waals surface area contributed by atoms with Crippen LogP contribution in [0.3, 0.4) is 0 Å². The van der Waals surface area contributed by atoms with Gasteiger partial charge in [0.15, 0.2) is 9.84 Å². The maximum absolute atomic E-state index is 11.4. The van der Waals surface area contributed by atoms with Gasteiger partial charge in [0.05, 0.1) is 5.75 Å². The van der Waals surface area contributed by atoms with Crippen LogP contribution in [0, 0.1) is 0 Å². The Morgan fingerprint density at radius 3 is 2.44 bits per heavy atom. The van der Waals surface area contributed by atoms with E-state index in [-0.39, 0.29) is 5.75 Å². The first kappa shape index (κ1) is 15.3. The van der Waals surface area contributed by atoms with Gasteiger partial charge in [-0.15, -0.1) is 11.6 Å². The summed E-state index contributed by atoms with van der Waals surface area (Å²) in [7, 11) is -3.09. The summed E-state index contributed by atoms with van der Waals surface area (Å²) in [5.41, 5.74) is 1.10. The zero-order chi connectivity index (χ0) is 13.4. The van der Waals surface area contributed by atoms with Gasteiger partial charge in [0, 0.05) is 12.2 Å². The molecule has 1 aromatic carbocycles. The predicted molar refractivity (Wildman–Crippen MR) is 77.9 cm³/mol. The number of hydrogen-bond acceptors (Lipinski definition) is 3. The monoisotopic (exact) mass is 289 g/mol. The Kier molecular flexibility index (Phi) is 6.50. The molecule has 0 fully saturated rings. The van der Waals surface area contributed by atoms with Gasteiger partial charge in [-0.05, 0) is 31.9 Å². The summed E-state index contributed by atoms with van der Waals surface area (Å²) in [6.45, 7) is 2.37. The lowest BCUT2D eigenvalue weighted by molar-refractivity contribution is 0.588. The second kappa shape index (κ2) is 7.64. The van der Waals surface area contributed by atoms with E-state index in [1.165, 1.54) is 6.92 Å². The number of halogens is 1. The largest absolute Gasteiger partial charge is 0.385 e. The van der Waals surface area contributed by atoms with E-state index in [9.17, 15) is 8.42 Å². The number of nitrogens with one attached hydrogen (secondary N) is 1. The Hall–Kier alpha value is -0.740. The summed E-state index contributed by atoms with van der Waals surface area (Å²) >= 11 is 5.59. The number of benzene rings is 1. The quantitative estimate of drug-likeness (QED) is 0.590. The highest BCUT2D eigenvalue weighted by atomic mass is 35.5. The van der Waals surface area contributed by atoms with Crippen LogP contribution in [0.1, 0.15) is 26.2 Å². The summed E-state index contributed by atoms with van der Waals surface area (Å²) in [4.78, 5) is 0. The number of alkyl halides is 1. The molecule has 3 nitrogen and oxygen atoms in total. The van der Waals surface area contributed by atoms with Crippen LogP contribution in [0.4, 0.5) is 5.69 Å². The fourth-order valence-corrected chi connectivity index (χ4v) is 2.75. The van der Waals surface area contributed by atoms with Gasteiger partial charge in [0.25, 0.3) is 0 Å². The molecule has 0 aliphatic rings. The maximum atomic E-state index is 11.4. The van der Waals surface area contributed by atoms with E-state index in [4.69, 9.17) is 11.6 Å². The Labute approximate surface area is 114 Å². The topological polar surface area (TPSA) is 46.2 Å². The molecule has 0 radical (unpaired) electrons. The number of unbranched alkanes of at least 4 members (excludes halogenated alkanes) is 2. The lowest BCUT2D eigenvalue weighted by Gasteiger charge is -2.07. The van der Waals surface area contributed by atoms with Gasteiger partial charge in [-0.1, -0.05) is 24.6 Å². The molecule has 18 heavy (non-hydrogen) atoms. The van der Waals surface area contributed by atoms with E-state index < -0.39 is 14.5 Å². The molecule has 1 N–H and O–H groups in total. The van der Waals surface area contributed by atoms with Crippen LogP contribution >= 0.6 is 11.6 Å². The molecule has 1 atom stereocenters. The number of para-hydroxylation sites is 1. The van der Waals surface area contributed by atoms with Crippen molar-refractivity contribution >= 4 is 27.1 Å². The van der Waals surface area contributed by atoms with Gasteiger partial charge in [0.2, 0.25) is 0 Å². The smallest absolute Gasteiger partial charge is 0.166 e. The van der Waals surface area contributed by atoms with Crippen LogP contribution < -0.4 is 5.32 Å². The molecule has 0 aliphatic carbocycles. The van der Waals surface area contributed by atoms with Gasteiger partial charge in [0.1, 0.15) is 4.71 Å². The van der Waals surface area contributed by atoms with Crippen LogP contribution in [0.5, 0.6) is 0 Å². The Bertz CT molecular complexity index is 432. The molecule has 0 saturated heterocycles. The number of anilines is 1. The molecule has 0 bridgehead atoms. The summed E-state index contributed by atoms with van der Waals surface area (Å²) in [6.07, 6.45) is 2.53. The average molecular weight is 290 g/mol. The molecule has 1 rings (SSSR count). The normalized spacial score (nSPS) is 13.2. The molecule has 0 spiro atoms. The van der Waals surface area contributed by atoms with Gasteiger partial charge >= 0.3 is 0 Å². The maximum Gasteiger partial charge on any atom is 0.166 e. The summed E-state index contributed by atoms with van der Waals surface area (Å²) < 4.78 is 22.1. The Morgan fingerprint density at radius 2 is 1.83 bits per heavy atom. The van der Waals surface area contributed by atoms with Crippen molar-refractivity contribution in [2.75, 3.05) is 17.6 Å². The number of rotatable bonds is 8. The van der Waals surface area contributed by atoms with Crippen molar-refractivity contribution in [2.24, 2.45) is 0 Å².